The van der Waals surface area contributed by atoms with E-state index in [1.54, 1.807) is 60.7 Å². The molecular formula is C37H28Cl2N2O6. The second kappa shape index (κ2) is 13.6. The molecule has 0 aliphatic carbocycles. The maximum absolute atomic E-state index is 13.7. The Labute approximate surface area is 281 Å². The number of methoxy groups -OCH3 is 1. The molecule has 1 N–H and O–H groups in total. The molecule has 8 nitrogen and oxygen atoms in total. The molecule has 1 heterocycles. The monoisotopic (exact) mass is 666 g/mol. The van der Waals surface area contributed by atoms with Crippen LogP contribution in [0.4, 0.5) is 10.5 Å². The van der Waals surface area contributed by atoms with Crippen molar-refractivity contribution in [1.82, 2.24) is 5.32 Å². The summed E-state index contributed by atoms with van der Waals surface area (Å²) in [6.45, 7) is 2.44. The number of urea groups is 1. The van der Waals surface area contributed by atoms with Gasteiger partial charge in [-0.25, -0.2) is 9.69 Å². The van der Waals surface area contributed by atoms with Crippen molar-refractivity contribution in [3.63, 3.8) is 0 Å². The second-order valence-electron chi connectivity index (χ2n) is 10.8. The number of nitrogens with zero attached hydrogens (tertiary/aromatic N) is 1. The highest BCUT2D eigenvalue weighted by Crippen LogP contribution is 2.32. The van der Waals surface area contributed by atoms with Crippen LogP contribution >= 0.6 is 23.2 Å². The average molecular weight is 668 g/mol. The summed E-state index contributed by atoms with van der Waals surface area (Å²) in [6.07, 6.45) is 1.41. The lowest BCUT2D eigenvalue weighted by molar-refractivity contribution is -0.122. The van der Waals surface area contributed by atoms with Crippen LogP contribution in [0.3, 0.4) is 0 Å². The largest absolute Gasteiger partial charge is 0.497 e. The number of amides is 4. The zero-order chi connectivity index (χ0) is 33.1. The number of anilines is 1. The highest BCUT2D eigenvalue weighted by molar-refractivity contribution is 6.39. The Kier molecular flexibility index (Phi) is 9.15. The van der Waals surface area contributed by atoms with E-state index in [-0.39, 0.29) is 24.5 Å². The van der Waals surface area contributed by atoms with Crippen LogP contribution < -0.4 is 24.4 Å². The van der Waals surface area contributed by atoms with E-state index >= 15 is 0 Å². The number of hydrogen-bond donors (Lipinski definition) is 1. The number of rotatable bonds is 9. The SMILES string of the molecule is COc1ccc(/C=C2\C(=O)NC(=O)N(c3ccc(OCc4ccc(Cl)cc4Cl)cc3)C2=O)c(OCc2c(C)ccc3ccccc23)c1. The number of carbonyl (C=O) groups is 3. The average Bonchev–Trinajstić information content (AvgIpc) is 3.06. The summed E-state index contributed by atoms with van der Waals surface area (Å²) < 4.78 is 17.5. The smallest absolute Gasteiger partial charge is 0.335 e. The fraction of sp³-hybridized carbons (Fsp3) is 0.108. The summed E-state index contributed by atoms with van der Waals surface area (Å²) in [5.74, 6) is -0.183. The molecule has 0 spiro atoms. The van der Waals surface area contributed by atoms with Gasteiger partial charge in [0.25, 0.3) is 11.8 Å². The van der Waals surface area contributed by atoms with Crippen molar-refractivity contribution < 1.29 is 28.6 Å². The lowest BCUT2D eigenvalue weighted by Crippen LogP contribution is -2.54. The van der Waals surface area contributed by atoms with Gasteiger partial charge in [-0.2, -0.15) is 0 Å². The van der Waals surface area contributed by atoms with Crippen molar-refractivity contribution in [3.05, 3.63) is 135 Å². The molecule has 1 saturated heterocycles. The van der Waals surface area contributed by atoms with E-state index in [2.05, 4.69) is 11.4 Å². The number of benzene rings is 5. The molecule has 1 aliphatic heterocycles. The van der Waals surface area contributed by atoms with Gasteiger partial charge in [0.2, 0.25) is 0 Å². The Balaban J connectivity index is 1.25. The molecule has 1 aliphatic rings. The summed E-state index contributed by atoms with van der Waals surface area (Å²) in [7, 11) is 1.54. The normalized spacial score (nSPS) is 14.0. The standard InChI is InChI=1S/C37H28Cl2N2O6/c1-22-7-8-23-5-3-4-6-30(23)32(22)21-47-34-19-29(45-2)14-10-24(34)17-31-35(42)40-37(44)41(36(31)43)27-12-15-28(16-13-27)46-20-25-9-11-26(38)18-33(25)39/h3-19H,20-21H2,1-2H3,(H,40,42,44)/b31-17+. The van der Waals surface area contributed by atoms with Gasteiger partial charge in [-0.05, 0) is 77.9 Å². The molecular weight excluding hydrogens is 639 g/mol. The van der Waals surface area contributed by atoms with Crippen LogP contribution in [0.2, 0.25) is 10.0 Å². The first-order valence-corrected chi connectivity index (χ1v) is 15.3. The summed E-state index contributed by atoms with van der Waals surface area (Å²) in [4.78, 5) is 40.4. The minimum Gasteiger partial charge on any atom is -0.497 e. The fourth-order valence-electron chi connectivity index (χ4n) is 5.21. The zero-order valence-electron chi connectivity index (χ0n) is 25.4. The molecule has 4 amide bonds. The predicted octanol–water partition coefficient (Wildman–Crippen LogP) is 8.29. The summed E-state index contributed by atoms with van der Waals surface area (Å²) in [5.41, 5.74) is 3.29. The number of imide groups is 2. The van der Waals surface area contributed by atoms with Crippen LogP contribution in [-0.4, -0.2) is 25.0 Å². The Bertz CT molecular complexity index is 2060. The van der Waals surface area contributed by atoms with Crippen molar-refractivity contribution in [1.29, 1.82) is 0 Å². The van der Waals surface area contributed by atoms with Crippen molar-refractivity contribution in [2.75, 3.05) is 12.0 Å². The number of fused-ring (bicyclic) bond motifs is 1. The Morgan fingerprint density at radius 2 is 1.57 bits per heavy atom. The van der Waals surface area contributed by atoms with Gasteiger partial charge in [-0.3, -0.25) is 14.9 Å². The van der Waals surface area contributed by atoms with Gasteiger partial charge >= 0.3 is 6.03 Å². The van der Waals surface area contributed by atoms with Gasteiger partial charge in [0.1, 0.15) is 36.0 Å². The summed E-state index contributed by atoms with van der Waals surface area (Å²) >= 11 is 12.2. The summed E-state index contributed by atoms with van der Waals surface area (Å²) in [5, 5.41) is 5.41. The zero-order valence-corrected chi connectivity index (χ0v) is 26.9. The van der Waals surface area contributed by atoms with E-state index < -0.39 is 17.8 Å². The minimum absolute atomic E-state index is 0.187. The maximum atomic E-state index is 13.7. The first kappa shape index (κ1) is 31.7. The van der Waals surface area contributed by atoms with Crippen LogP contribution in [0.15, 0.2) is 103 Å². The van der Waals surface area contributed by atoms with Gasteiger partial charge in [0.15, 0.2) is 0 Å². The molecule has 0 aromatic heterocycles. The molecule has 0 atom stereocenters. The van der Waals surface area contributed by atoms with Gasteiger partial charge in [0.05, 0.1) is 12.8 Å². The van der Waals surface area contributed by atoms with Crippen LogP contribution in [0.1, 0.15) is 22.3 Å². The lowest BCUT2D eigenvalue weighted by Gasteiger charge is -2.26. The van der Waals surface area contributed by atoms with E-state index in [1.807, 2.05) is 37.3 Å². The molecule has 236 valence electrons. The van der Waals surface area contributed by atoms with E-state index in [4.69, 9.17) is 37.4 Å². The lowest BCUT2D eigenvalue weighted by atomic mass is 10.0. The van der Waals surface area contributed by atoms with Crippen molar-refractivity contribution in [3.8, 4) is 17.2 Å². The minimum atomic E-state index is -0.864. The van der Waals surface area contributed by atoms with Gasteiger partial charge in [-0.15, -0.1) is 0 Å². The number of barbiturate groups is 1. The molecule has 5 aromatic rings. The molecule has 6 rings (SSSR count). The molecule has 10 heteroatoms. The highest BCUT2D eigenvalue weighted by atomic mass is 35.5. The van der Waals surface area contributed by atoms with Crippen LogP contribution in [-0.2, 0) is 22.8 Å². The van der Waals surface area contributed by atoms with Gasteiger partial charge in [-0.1, -0.05) is 65.7 Å². The summed E-state index contributed by atoms with van der Waals surface area (Å²) in [6, 6.07) is 27.8. The molecule has 1 fully saturated rings. The van der Waals surface area contributed by atoms with E-state index in [0.29, 0.717) is 32.9 Å². The van der Waals surface area contributed by atoms with E-state index in [9.17, 15) is 14.4 Å². The van der Waals surface area contributed by atoms with Crippen molar-refractivity contribution >= 4 is 63.6 Å². The first-order chi connectivity index (χ1) is 22.7. The molecule has 0 unspecified atom stereocenters. The van der Waals surface area contributed by atoms with Crippen LogP contribution in [0.25, 0.3) is 16.8 Å². The van der Waals surface area contributed by atoms with Crippen LogP contribution in [0, 0.1) is 6.92 Å². The number of carbonyl (C=O) groups excluding carboxylic acids is 3. The quantitative estimate of drug-likeness (QED) is 0.126. The van der Waals surface area contributed by atoms with Crippen molar-refractivity contribution in [2.24, 2.45) is 0 Å². The van der Waals surface area contributed by atoms with Gasteiger partial charge < -0.3 is 14.2 Å². The third-order valence-electron chi connectivity index (χ3n) is 7.77. The van der Waals surface area contributed by atoms with Crippen LogP contribution in [0.5, 0.6) is 17.2 Å². The molecule has 0 saturated carbocycles. The predicted molar refractivity (Wildman–Crippen MR) is 182 cm³/mol. The van der Waals surface area contributed by atoms with Gasteiger partial charge in [0, 0.05) is 32.8 Å². The Hall–Kier alpha value is -5.31. The van der Waals surface area contributed by atoms with E-state index in [1.165, 1.54) is 13.2 Å². The molecule has 5 aromatic carbocycles. The molecule has 0 radical (unpaired) electrons. The maximum Gasteiger partial charge on any atom is 0.335 e. The molecule has 0 bridgehead atoms. The number of ether oxygens (including phenoxy) is 3. The highest BCUT2D eigenvalue weighted by Gasteiger charge is 2.37. The van der Waals surface area contributed by atoms with E-state index in [0.717, 1.165) is 32.4 Å². The number of aryl methyl sites for hydroxylation is 1. The Morgan fingerprint density at radius 3 is 2.34 bits per heavy atom. The third-order valence-corrected chi connectivity index (χ3v) is 8.36. The number of hydrogen-bond acceptors (Lipinski definition) is 6. The molecule has 47 heavy (non-hydrogen) atoms. The number of nitrogens with one attached hydrogen (secondary N) is 1. The first-order valence-electron chi connectivity index (χ1n) is 14.6. The second-order valence-corrected chi connectivity index (χ2v) is 11.6. The number of halogens is 2. The third kappa shape index (κ3) is 6.79. The Morgan fingerprint density at radius 1 is 0.809 bits per heavy atom. The van der Waals surface area contributed by atoms with Crippen molar-refractivity contribution in [2.45, 2.75) is 20.1 Å². The fourth-order valence-corrected chi connectivity index (χ4v) is 5.67. The topological polar surface area (TPSA) is 94.2 Å².